The van der Waals surface area contributed by atoms with Gasteiger partial charge in [0.25, 0.3) is 5.91 Å². The van der Waals surface area contributed by atoms with Crippen LogP contribution in [0.2, 0.25) is 0 Å². The minimum Gasteiger partial charge on any atom is -0.372 e. The first-order chi connectivity index (χ1) is 10.0. The lowest BCUT2D eigenvalue weighted by Gasteiger charge is -2.10. The van der Waals surface area contributed by atoms with Gasteiger partial charge in [0.15, 0.2) is 0 Å². The van der Waals surface area contributed by atoms with Crippen molar-refractivity contribution in [2.45, 2.75) is 20.1 Å². The Kier molecular flexibility index (Phi) is 3.78. The molecule has 2 aromatic rings. The van der Waals surface area contributed by atoms with Crippen molar-refractivity contribution >= 4 is 27.5 Å². The number of hydrogen-bond donors (Lipinski definition) is 1. The van der Waals surface area contributed by atoms with Gasteiger partial charge in [0.1, 0.15) is 5.82 Å². The van der Waals surface area contributed by atoms with E-state index in [1.807, 2.05) is 12.1 Å². The van der Waals surface area contributed by atoms with Gasteiger partial charge in [0, 0.05) is 11.3 Å². The smallest absolute Gasteiger partial charge is 0.255 e. The van der Waals surface area contributed by atoms with Crippen LogP contribution in [0.4, 0.5) is 10.1 Å². The molecule has 1 N–H and O–H groups in total. The maximum absolute atomic E-state index is 13.4. The summed E-state index contributed by atoms with van der Waals surface area (Å²) >= 11 is 3.12. The van der Waals surface area contributed by atoms with Crippen LogP contribution in [0.25, 0.3) is 0 Å². The van der Waals surface area contributed by atoms with E-state index in [0.29, 0.717) is 34.5 Å². The molecule has 108 valence electrons. The largest absolute Gasteiger partial charge is 0.372 e. The molecular weight excluding hydrogens is 337 g/mol. The third-order valence-electron chi connectivity index (χ3n) is 3.50. The molecule has 0 fully saturated rings. The monoisotopic (exact) mass is 349 g/mol. The molecule has 21 heavy (non-hydrogen) atoms. The summed E-state index contributed by atoms with van der Waals surface area (Å²) in [6.45, 7) is 2.89. The molecule has 3 rings (SSSR count). The summed E-state index contributed by atoms with van der Waals surface area (Å²) in [5, 5.41) is 2.81. The minimum absolute atomic E-state index is 0.216. The van der Waals surface area contributed by atoms with Crippen LogP contribution >= 0.6 is 15.9 Å². The van der Waals surface area contributed by atoms with E-state index in [2.05, 4.69) is 21.2 Å². The lowest BCUT2D eigenvalue weighted by molar-refractivity contribution is 0.102. The first kappa shape index (κ1) is 14.2. The maximum Gasteiger partial charge on any atom is 0.255 e. The molecule has 0 aliphatic carbocycles. The van der Waals surface area contributed by atoms with E-state index in [9.17, 15) is 9.18 Å². The summed E-state index contributed by atoms with van der Waals surface area (Å²) in [7, 11) is 0. The molecule has 0 radical (unpaired) electrons. The van der Waals surface area contributed by atoms with Gasteiger partial charge in [-0.05, 0) is 63.8 Å². The standard InChI is InChI=1S/C16H13BrFNO2/c1-9-4-14(18)13(17)6-15(9)19-16(20)10-2-3-11-7-21-8-12(11)5-10/h2-6H,7-8H2,1H3,(H,19,20). The van der Waals surface area contributed by atoms with Crippen LogP contribution in [0.15, 0.2) is 34.8 Å². The number of nitrogens with one attached hydrogen (secondary N) is 1. The molecule has 1 aliphatic rings. The second-order valence-corrected chi connectivity index (χ2v) is 5.87. The number of benzene rings is 2. The highest BCUT2D eigenvalue weighted by Crippen LogP contribution is 2.25. The van der Waals surface area contributed by atoms with E-state index in [4.69, 9.17) is 4.74 Å². The van der Waals surface area contributed by atoms with Gasteiger partial charge in [0.05, 0.1) is 17.7 Å². The predicted molar refractivity (Wildman–Crippen MR) is 81.7 cm³/mol. The maximum atomic E-state index is 13.4. The molecule has 0 bridgehead atoms. The lowest BCUT2D eigenvalue weighted by Crippen LogP contribution is -2.13. The normalized spacial score (nSPS) is 13.1. The second-order valence-electron chi connectivity index (χ2n) is 5.01. The average molecular weight is 350 g/mol. The third-order valence-corrected chi connectivity index (χ3v) is 4.11. The first-order valence-electron chi connectivity index (χ1n) is 6.51. The Morgan fingerprint density at radius 2 is 2.00 bits per heavy atom. The summed E-state index contributed by atoms with van der Waals surface area (Å²) < 4.78 is 19.1. The quantitative estimate of drug-likeness (QED) is 0.883. The van der Waals surface area contributed by atoms with Crippen LogP contribution in [0.5, 0.6) is 0 Å². The molecule has 1 amide bonds. The Morgan fingerprint density at radius 3 is 2.81 bits per heavy atom. The lowest BCUT2D eigenvalue weighted by atomic mass is 10.1. The number of carbonyl (C=O) groups excluding carboxylic acids is 1. The number of fused-ring (bicyclic) bond motifs is 1. The summed E-state index contributed by atoms with van der Waals surface area (Å²) in [5.41, 5.74) is 3.99. The third kappa shape index (κ3) is 2.84. The molecule has 0 aromatic heterocycles. The summed E-state index contributed by atoms with van der Waals surface area (Å²) in [5.74, 6) is -0.563. The highest BCUT2D eigenvalue weighted by Gasteiger charge is 2.15. The summed E-state index contributed by atoms with van der Waals surface area (Å²) in [6, 6.07) is 8.47. The van der Waals surface area contributed by atoms with Crippen molar-refractivity contribution in [3.05, 3.63) is 62.9 Å². The van der Waals surface area contributed by atoms with Crippen molar-refractivity contribution in [3.8, 4) is 0 Å². The summed E-state index contributed by atoms with van der Waals surface area (Å²) in [4.78, 5) is 12.3. The molecule has 3 nitrogen and oxygen atoms in total. The van der Waals surface area contributed by atoms with Gasteiger partial charge in [-0.25, -0.2) is 4.39 Å². The van der Waals surface area contributed by atoms with Gasteiger partial charge in [-0.3, -0.25) is 4.79 Å². The zero-order valence-corrected chi connectivity index (χ0v) is 13.0. The Labute approximate surface area is 130 Å². The van der Waals surface area contributed by atoms with Crippen molar-refractivity contribution in [1.29, 1.82) is 0 Å². The van der Waals surface area contributed by atoms with Crippen molar-refractivity contribution in [2.24, 2.45) is 0 Å². The van der Waals surface area contributed by atoms with Crippen molar-refractivity contribution in [3.63, 3.8) is 0 Å². The molecule has 0 saturated carbocycles. The SMILES string of the molecule is Cc1cc(F)c(Br)cc1NC(=O)c1ccc2c(c1)COC2. The zero-order valence-electron chi connectivity index (χ0n) is 11.4. The molecule has 0 unspecified atom stereocenters. The van der Waals surface area contributed by atoms with Crippen LogP contribution in [0.3, 0.4) is 0 Å². The van der Waals surface area contributed by atoms with Gasteiger partial charge in [0.2, 0.25) is 0 Å². The predicted octanol–water partition coefficient (Wildman–Crippen LogP) is 4.18. The van der Waals surface area contributed by atoms with Crippen molar-refractivity contribution in [2.75, 3.05) is 5.32 Å². The topological polar surface area (TPSA) is 38.3 Å². The second kappa shape index (κ2) is 5.58. The van der Waals surface area contributed by atoms with E-state index in [-0.39, 0.29) is 11.7 Å². The Morgan fingerprint density at radius 1 is 1.24 bits per heavy atom. The fourth-order valence-corrected chi connectivity index (χ4v) is 2.63. The molecule has 0 spiro atoms. The van der Waals surface area contributed by atoms with Crippen molar-refractivity contribution < 1.29 is 13.9 Å². The van der Waals surface area contributed by atoms with Gasteiger partial charge >= 0.3 is 0 Å². The number of ether oxygens (including phenoxy) is 1. The fraction of sp³-hybridized carbons (Fsp3) is 0.188. The van der Waals surface area contributed by atoms with Crippen molar-refractivity contribution in [1.82, 2.24) is 0 Å². The van der Waals surface area contributed by atoms with E-state index in [0.717, 1.165) is 11.1 Å². The first-order valence-corrected chi connectivity index (χ1v) is 7.30. The number of aryl methyl sites for hydroxylation is 1. The number of rotatable bonds is 2. The number of amides is 1. The van der Waals surface area contributed by atoms with E-state index >= 15 is 0 Å². The van der Waals surface area contributed by atoms with E-state index in [1.54, 1.807) is 19.1 Å². The summed E-state index contributed by atoms with van der Waals surface area (Å²) in [6.07, 6.45) is 0. The van der Waals surface area contributed by atoms with Crippen LogP contribution in [0.1, 0.15) is 27.0 Å². The number of halogens is 2. The molecule has 5 heteroatoms. The Hall–Kier alpha value is -1.72. The van der Waals surface area contributed by atoms with Gasteiger partial charge < -0.3 is 10.1 Å². The van der Waals surface area contributed by atoms with Gasteiger partial charge in [-0.2, -0.15) is 0 Å². The number of hydrogen-bond acceptors (Lipinski definition) is 2. The Bertz CT molecular complexity index is 730. The average Bonchev–Trinajstić information content (AvgIpc) is 2.92. The number of anilines is 1. The molecular formula is C16H13BrFNO2. The highest BCUT2D eigenvalue weighted by atomic mass is 79.9. The van der Waals surface area contributed by atoms with Crippen LogP contribution in [0, 0.1) is 12.7 Å². The molecule has 0 saturated heterocycles. The minimum atomic E-state index is -0.347. The van der Waals surface area contributed by atoms with Crippen LogP contribution in [-0.4, -0.2) is 5.91 Å². The molecule has 1 aliphatic heterocycles. The number of carbonyl (C=O) groups is 1. The van der Waals surface area contributed by atoms with Crippen LogP contribution < -0.4 is 5.32 Å². The van der Waals surface area contributed by atoms with Gasteiger partial charge in [-0.15, -0.1) is 0 Å². The van der Waals surface area contributed by atoms with Crippen LogP contribution in [-0.2, 0) is 18.0 Å². The zero-order chi connectivity index (χ0) is 15.0. The highest BCUT2D eigenvalue weighted by molar-refractivity contribution is 9.10. The molecule has 2 aromatic carbocycles. The van der Waals surface area contributed by atoms with E-state index in [1.165, 1.54) is 6.07 Å². The molecule has 0 atom stereocenters. The fourth-order valence-electron chi connectivity index (χ4n) is 2.29. The Balaban J connectivity index is 1.85. The van der Waals surface area contributed by atoms with Gasteiger partial charge in [-0.1, -0.05) is 6.07 Å². The molecule has 1 heterocycles. The van der Waals surface area contributed by atoms with E-state index < -0.39 is 0 Å².